The molecule has 0 saturated heterocycles. The Morgan fingerprint density at radius 3 is 2.36 bits per heavy atom. The highest BCUT2D eigenvalue weighted by molar-refractivity contribution is 4.94. The Balaban J connectivity index is 3.26. The zero-order valence-corrected chi connectivity index (χ0v) is 9.89. The standard InChI is InChI=1S/C13H26O/c1-4-6-7-8-9-10-13(14)11-12(3)5-2/h13-14H,3-11H2,1-2H3. The first kappa shape index (κ1) is 13.7. The molecule has 1 heteroatoms. The van der Waals surface area contributed by atoms with Crippen LogP contribution in [0, 0.1) is 0 Å². The molecule has 1 unspecified atom stereocenters. The quantitative estimate of drug-likeness (QED) is 0.437. The number of aliphatic hydroxyl groups excluding tert-OH is 1. The highest BCUT2D eigenvalue weighted by atomic mass is 16.3. The van der Waals surface area contributed by atoms with Crippen molar-refractivity contribution in [1.82, 2.24) is 0 Å². The van der Waals surface area contributed by atoms with E-state index in [4.69, 9.17) is 0 Å². The molecule has 0 rings (SSSR count). The molecule has 0 aromatic carbocycles. The van der Waals surface area contributed by atoms with Gasteiger partial charge in [0.15, 0.2) is 0 Å². The van der Waals surface area contributed by atoms with Gasteiger partial charge in [0.1, 0.15) is 0 Å². The third kappa shape index (κ3) is 8.31. The summed E-state index contributed by atoms with van der Waals surface area (Å²) < 4.78 is 0. The van der Waals surface area contributed by atoms with Gasteiger partial charge in [0.25, 0.3) is 0 Å². The van der Waals surface area contributed by atoms with Crippen LogP contribution in [-0.4, -0.2) is 11.2 Å². The number of hydrogen-bond donors (Lipinski definition) is 1. The summed E-state index contributed by atoms with van der Waals surface area (Å²) in [5, 5.41) is 9.65. The van der Waals surface area contributed by atoms with Gasteiger partial charge < -0.3 is 5.11 Å². The van der Waals surface area contributed by atoms with Crippen molar-refractivity contribution in [2.24, 2.45) is 0 Å². The molecule has 0 aliphatic heterocycles. The van der Waals surface area contributed by atoms with Crippen molar-refractivity contribution in [2.75, 3.05) is 0 Å². The average Bonchev–Trinajstić information content (AvgIpc) is 2.17. The lowest BCUT2D eigenvalue weighted by molar-refractivity contribution is 0.160. The summed E-state index contributed by atoms with van der Waals surface area (Å²) in [6.45, 7) is 8.23. The van der Waals surface area contributed by atoms with Gasteiger partial charge in [0, 0.05) is 0 Å². The van der Waals surface area contributed by atoms with Crippen LogP contribution in [0.25, 0.3) is 0 Å². The number of aliphatic hydroxyl groups is 1. The largest absolute Gasteiger partial charge is 0.393 e. The van der Waals surface area contributed by atoms with E-state index in [2.05, 4.69) is 20.4 Å². The molecular weight excluding hydrogens is 172 g/mol. The Bertz CT molecular complexity index is 140. The first-order valence-corrected chi connectivity index (χ1v) is 6.05. The lowest BCUT2D eigenvalue weighted by atomic mass is 10.0. The maximum Gasteiger partial charge on any atom is 0.0577 e. The number of rotatable bonds is 9. The lowest BCUT2D eigenvalue weighted by Gasteiger charge is -2.10. The second kappa shape index (κ2) is 9.26. The average molecular weight is 198 g/mol. The summed E-state index contributed by atoms with van der Waals surface area (Å²) in [5.41, 5.74) is 1.17. The van der Waals surface area contributed by atoms with Crippen molar-refractivity contribution in [3.05, 3.63) is 12.2 Å². The molecule has 0 aliphatic carbocycles. The second-order valence-electron chi connectivity index (χ2n) is 4.16. The van der Waals surface area contributed by atoms with E-state index in [0.717, 1.165) is 25.7 Å². The maximum atomic E-state index is 9.65. The van der Waals surface area contributed by atoms with E-state index in [1.165, 1.54) is 31.3 Å². The molecule has 0 fully saturated rings. The van der Waals surface area contributed by atoms with Gasteiger partial charge in [-0.2, -0.15) is 0 Å². The highest BCUT2D eigenvalue weighted by Gasteiger charge is 2.04. The summed E-state index contributed by atoms with van der Waals surface area (Å²) in [4.78, 5) is 0. The van der Waals surface area contributed by atoms with Gasteiger partial charge in [-0.25, -0.2) is 0 Å². The zero-order chi connectivity index (χ0) is 10.8. The Morgan fingerprint density at radius 2 is 1.79 bits per heavy atom. The third-order valence-corrected chi connectivity index (χ3v) is 2.67. The predicted octanol–water partition coefficient (Wildman–Crippen LogP) is 4.06. The van der Waals surface area contributed by atoms with E-state index in [1.54, 1.807) is 0 Å². The maximum absolute atomic E-state index is 9.65. The topological polar surface area (TPSA) is 20.2 Å². The third-order valence-electron chi connectivity index (χ3n) is 2.67. The summed E-state index contributed by atoms with van der Waals surface area (Å²) in [7, 11) is 0. The van der Waals surface area contributed by atoms with Crippen LogP contribution in [0.1, 0.15) is 65.2 Å². The summed E-state index contributed by atoms with van der Waals surface area (Å²) in [6.07, 6.45) is 8.95. The normalized spacial score (nSPS) is 12.8. The van der Waals surface area contributed by atoms with Crippen LogP contribution >= 0.6 is 0 Å². The Hall–Kier alpha value is -0.300. The fraction of sp³-hybridized carbons (Fsp3) is 0.846. The molecule has 0 heterocycles. The van der Waals surface area contributed by atoms with Crippen LogP contribution in [0.5, 0.6) is 0 Å². The van der Waals surface area contributed by atoms with Gasteiger partial charge in [-0.3, -0.25) is 0 Å². The Kier molecular flexibility index (Phi) is 9.06. The van der Waals surface area contributed by atoms with Crippen molar-refractivity contribution in [3.63, 3.8) is 0 Å². The molecule has 0 saturated carbocycles. The molecule has 1 atom stereocenters. The van der Waals surface area contributed by atoms with Crippen molar-refractivity contribution in [2.45, 2.75) is 71.3 Å². The first-order valence-electron chi connectivity index (χ1n) is 6.05. The molecule has 0 aromatic rings. The van der Waals surface area contributed by atoms with E-state index in [1.807, 2.05) is 0 Å². The SMILES string of the molecule is C=C(CC)CC(O)CCCCCCC. The molecule has 0 amide bonds. The van der Waals surface area contributed by atoms with E-state index in [9.17, 15) is 5.11 Å². The van der Waals surface area contributed by atoms with Crippen molar-refractivity contribution < 1.29 is 5.11 Å². The van der Waals surface area contributed by atoms with Crippen molar-refractivity contribution in [1.29, 1.82) is 0 Å². The minimum Gasteiger partial charge on any atom is -0.393 e. The van der Waals surface area contributed by atoms with E-state index in [-0.39, 0.29) is 6.10 Å². The summed E-state index contributed by atoms with van der Waals surface area (Å²) in [6, 6.07) is 0. The second-order valence-corrected chi connectivity index (χ2v) is 4.16. The van der Waals surface area contributed by atoms with Gasteiger partial charge in [0.05, 0.1) is 6.10 Å². The summed E-state index contributed by atoms with van der Waals surface area (Å²) >= 11 is 0. The van der Waals surface area contributed by atoms with E-state index in [0.29, 0.717) is 0 Å². The van der Waals surface area contributed by atoms with Crippen LogP contribution in [0.15, 0.2) is 12.2 Å². The molecule has 1 N–H and O–H groups in total. The fourth-order valence-corrected chi connectivity index (χ4v) is 1.56. The van der Waals surface area contributed by atoms with E-state index >= 15 is 0 Å². The number of hydrogen-bond acceptors (Lipinski definition) is 1. The van der Waals surface area contributed by atoms with Crippen LogP contribution < -0.4 is 0 Å². The fourth-order valence-electron chi connectivity index (χ4n) is 1.56. The smallest absolute Gasteiger partial charge is 0.0577 e. The molecular formula is C13H26O. The molecule has 14 heavy (non-hydrogen) atoms. The molecule has 0 aliphatic rings. The minimum absolute atomic E-state index is 0.149. The molecule has 0 spiro atoms. The lowest BCUT2D eigenvalue weighted by Crippen LogP contribution is -2.06. The van der Waals surface area contributed by atoms with E-state index < -0.39 is 0 Å². The van der Waals surface area contributed by atoms with Crippen LogP contribution in [0.2, 0.25) is 0 Å². The molecule has 0 bridgehead atoms. The molecule has 1 nitrogen and oxygen atoms in total. The van der Waals surface area contributed by atoms with Gasteiger partial charge >= 0.3 is 0 Å². The Labute approximate surface area is 89.2 Å². The molecule has 84 valence electrons. The van der Waals surface area contributed by atoms with Gasteiger partial charge in [-0.1, -0.05) is 58.1 Å². The van der Waals surface area contributed by atoms with Gasteiger partial charge in [-0.15, -0.1) is 0 Å². The van der Waals surface area contributed by atoms with Crippen LogP contribution in [0.4, 0.5) is 0 Å². The molecule has 0 aromatic heterocycles. The zero-order valence-electron chi connectivity index (χ0n) is 9.89. The van der Waals surface area contributed by atoms with Gasteiger partial charge in [-0.05, 0) is 19.3 Å². The predicted molar refractivity (Wildman–Crippen MR) is 63.4 cm³/mol. The van der Waals surface area contributed by atoms with Crippen molar-refractivity contribution in [3.8, 4) is 0 Å². The number of unbranched alkanes of at least 4 members (excludes halogenated alkanes) is 4. The first-order chi connectivity index (χ1) is 6.70. The Morgan fingerprint density at radius 1 is 1.14 bits per heavy atom. The summed E-state index contributed by atoms with van der Waals surface area (Å²) in [5.74, 6) is 0. The van der Waals surface area contributed by atoms with Gasteiger partial charge in [0.2, 0.25) is 0 Å². The minimum atomic E-state index is -0.149. The molecule has 0 radical (unpaired) electrons. The van der Waals surface area contributed by atoms with Crippen LogP contribution in [-0.2, 0) is 0 Å². The monoisotopic (exact) mass is 198 g/mol. The van der Waals surface area contributed by atoms with Crippen LogP contribution in [0.3, 0.4) is 0 Å². The van der Waals surface area contributed by atoms with Crippen molar-refractivity contribution >= 4 is 0 Å². The highest BCUT2D eigenvalue weighted by Crippen LogP contribution is 2.13.